The van der Waals surface area contributed by atoms with E-state index in [1.54, 1.807) is 7.11 Å². The van der Waals surface area contributed by atoms with Crippen LogP contribution in [-0.2, 0) is 4.74 Å². The molecular weight excluding hydrogens is 444 g/mol. The second-order valence-electron chi connectivity index (χ2n) is 8.78. The normalized spacial score (nSPS) is 18.1. The largest absolute Gasteiger partial charge is 0.493 e. The Morgan fingerprint density at radius 3 is 2.63 bits per heavy atom. The molecule has 1 saturated heterocycles. The Morgan fingerprint density at radius 2 is 1.89 bits per heavy atom. The second kappa shape index (κ2) is 10.5. The molecule has 35 heavy (non-hydrogen) atoms. The van der Waals surface area contributed by atoms with Crippen LogP contribution in [0.5, 0.6) is 11.5 Å². The first kappa shape index (κ1) is 23.4. The molecule has 1 amide bonds. The summed E-state index contributed by atoms with van der Waals surface area (Å²) in [5.74, 6) is 1.33. The van der Waals surface area contributed by atoms with Gasteiger partial charge in [0.25, 0.3) is 5.91 Å². The van der Waals surface area contributed by atoms with Crippen LogP contribution in [0.4, 0.5) is 0 Å². The molecule has 3 heterocycles. The van der Waals surface area contributed by atoms with Crippen molar-refractivity contribution >= 4 is 5.91 Å². The fraction of sp³-hybridized carbons (Fsp3) is 0.407. The van der Waals surface area contributed by atoms with Crippen molar-refractivity contribution in [1.29, 1.82) is 0 Å². The molecule has 184 valence electrons. The number of nitrogens with zero attached hydrogens (tertiary/aromatic N) is 3. The zero-order chi connectivity index (χ0) is 24.2. The van der Waals surface area contributed by atoms with Crippen LogP contribution in [-0.4, -0.2) is 79.0 Å². The molecule has 1 N–H and O–H groups in total. The summed E-state index contributed by atoms with van der Waals surface area (Å²) >= 11 is 0. The molecule has 2 aromatic carbocycles. The van der Waals surface area contributed by atoms with E-state index in [2.05, 4.69) is 15.1 Å². The third kappa shape index (κ3) is 4.63. The van der Waals surface area contributed by atoms with E-state index in [1.165, 1.54) is 0 Å². The van der Waals surface area contributed by atoms with Crippen LogP contribution in [0, 0.1) is 0 Å². The smallest absolute Gasteiger partial charge is 0.273 e. The molecule has 5 rings (SSSR count). The third-order valence-electron chi connectivity index (χ3n) is 6.69. The van der Waals surface area contributed by atoms with Crippen molar-refractivity contribution in [2.45, 2.75) is 19.4 Å². The Hall–Kier alpha value is -3.36. The van der Waals surface area contributed by atoms with Crippen molar-refractivity contribution < 1.29 is 19.0 Å². The van der Waals surface area contributed by atoms with Crippen molar-refractivity contribution in [1.82, 2.24) is 20.0 Å². The zero-order valence-electron chi connectivity index (χ0n) is 20.3. The fourth-order valence-corrected chi connectivity index (χ4v) is 5.01. The highest BCUT2D eigenvalue weighted by Crippen LogP contribution is 2.44. The van der Waals surface area contributed by atoms with Crippen LogP contribution in [0.3, 0.4) is 0 Å². The van der Waals surface area contributed by atoms with Crippen molar-refractivity contribution in [3.8, 4) is 22.8 Å². The number of hydrogen-bond donors (Lipinski definition) is 1. The van der Waals surface area contributed by atoms with Crippen LogP contribution >= 0.6 is 0 Å². The van der Waals surface area contributed by atoms with Gasteiger partial charge in [0.2, 0.25) is 0 Å². The number of benzene rings is 2. The van der Waals surface area contributed by atoms with E-state index in [9.17, 15) is 4.79 Å². The lowest BCUT2D eigenvalue weighted by molar-refractivity contribution is 0.0354. The van der Waals surface area contributed by atoms with Gasteiger partial charge in [-0.1, -0.05) is 36.4 Å². The first-order valence-electron chi connectivity index (χ1n) is 12.3. The van der Waals surface area contributed by atoms with Gasteiger partial charge >= 0.3 is 0 Å². The molecule has 2 aliphatic heterocycles. The Balaban J connectivity index is 1.50. The Bertz CT molecular complexity index is 1160. The van der Waals surface area contributed by atoms with Crippen molar-refractivity contribution in [3.63, 3.8) is 0 Å². The minimum absolute atomic E-state index is 0.0190. The molecule has 8 nitrogen and oxygen atoms in total. The van der Waals surface area contributed by atoms with Crippen molar-refractivity contribution in [2.75, 3.05) is 53.1 Å². The van der Waals surface area contributed by atoms with Gasteiger partial charge in [-0.05, 0) is 31.0 Å². The predicted octanol–water partition coefficient (Wildman–Crippen LogP) is 3.75. The summed E-state index contributed by atoms with van der Waals surface area (Å²) in [7, 11) is 1.64. The van der Waals surface area contributed by atoms with E-state index >= 15 is 0 Å². The van der Waals surface area contributed by atoms with Gasteiger partial charge in [-0.25, -0.2) is 0 Å². The number of carbonyl (C=O) groups is 1. The maximum absolute atomic E-state index is 13.6. The number of carbonyl (C=O) groups excluding carboxylic acids is 1. The molecule has 0 spiro atoms. The molecule has 1 aromatic heterocycles. The number of H-pyrrole nitrogens is 1. The summed E-state index contributed by atoms with van der Waals surface area (Å²) in [5.41, 5.74) is 4.24. The minimum Gasteiger partial charge on any atom is -0.493 e. The first-order chi connectivity index (χ1) is 17.2. The minimum atomic E-state index is -0.263. The number of morpholine rings is 1. The van der Waals surface area contributed by atoms with Gasteiger partial charge in [-0.2, -0.15) is 5.10 Å². The van der Waals surface area contributed by atoms with Crippen LogP contribution in [0.25, 0.3) is 11.3 Å². The van der Waals surface area contributed by atoms with E-state index in [0.717, 1.165) is 61.7 Å². The predicted molar refractivity (Wildman–Crippen MR) is 133 cm³/mol. The highest BCUT2D eigenvalue weighted by Gasteiger charge is 2.42. The highest BCUT2D eigenvalue weighted by molar-refractivity contribution is 6.00. The quantitative estimate of drug-likeness (QED) is 0.507. The lowest BCUT2D eigenvalue weighted by atomic mass is 9.95. The van der Waals surface area contributed by atoms with E-state index in [0.29, 0.717) is 30.3 Å². The molecule has 0 bridgehead atoms. The maximum Gasteiger partial charge on any atom is 0.273 e. The fourth-order valence-electron chi connectivity index (χ4n) is 5.01. The molecule has 3 aromatic rings. The number of hydrogen-bond acceptors (Lipinski definition) is 6. The van der Waals surface area contributed by atoms with Gasteiger partial charge in [0.1, 0.15) is 5.69 Å². The van der Waals surface area contributed by atoms with Crippen LogP contribution in [0.15, 0.2) is 48.5 Å². The van der Waals surface area contributed by atoms with E-state index in [4.69, 9.17) is 14.2 Å². The zero-order valence-corrected chi connectivity index (χ0v) is 20.3. The van der Waals surface area contributed by atoms with Gasteiger partial charge < -0.3 is 19.1 Å². The van der Waals surface area contributed by atoms with Crippen LogP contribution in [0.2, 0.25) is 0 Å². The number of aromatic amines is 1. The Morgan fingerprint density at radius 1 is 1.09 bits per heavy atom. The Labute approximate surface area is 205 Å². The van der Waals surface area contributed by atoms with Crippen LogP contribution < -0.4 is 9.47 Å². The van der Waals surface area contributed by atoms with Crippen molar-refractivity contribution in [3.05, 3.63) is 65.4 Å². The number of ether oxygens (including phenoxy) is 3. The van der Waals surface area contributed by atoms with E-state index in [1.807, 2.05) is 60.4 Å². The number of aromatic nitrogens is 2. The molecule has 0 radical (unpaired) electrons. The summed E-state index contributed by atoms with van der Waals surface area (Å²) in [4.78, 5) is 18.0. The molecule has 2 aliphatic rings. The topological polar surface area (TPSA) is 79.9 Å². The lowest BCUT2D eigenvalue weighted by Crippen LogP contribution is -2.38. The summed E-state index contributed by atoms with van der Waals surface area (Å²) in [5, 5.41) is 7.60. The SMILES string of the molecule is CCOc1ccc(C2c3c(-c4ccccc4)n[nH]c3C(=O)N2CCCN2CCOCC2)cc1OC. The Kier molecular flexibility index (Phi) is 7.01. The van der Waals surface area contributed by atoms with Gasteiger partial charge in [-0.3, -0.25) is 14.8 Å². The summed E-state index contributed by atoms with van der Waals surface area (Å²) in [6, 6.07) is 15.7. The third-order valence-corrected chi connectivity index (χ3v) is 6.69. The number of rotatable bonds is 9. The average Bonchev–Trinajstić information content (AvgIpc) is 3.45. The van der Waals surface area contributed by atoms with Gasteiger partial charge in [-0.15, -0.1) is 0 Å². The molecule has 8 heteroatoms. The van der Waals surface area contributed by atoms with Gasteiger partial charge in [0.05, 0.1) is 38.7 Å². The van der Waals surface area contributed by atoms with Crippen molar-refractivity contribution in [2.24, 2.45) is 0 Å². The molecule has 0 saturated carbocycles. The number of fused-ring (bicyclic) bond motifs is 1. The van der Waals surface area contributed by atoms with E-state index < -0.39 is 0 Å². The molecule has 1 atom stereocenters. The summed E-state index contributed by atoms with van der Waals surface area (Å²) in [6.07, 6.45) is 0.884. The van der Waals surface area contributed by atoms with Gasteiger partial charge in [0.15, 0.2) is 11.5 Å². The number of nitrogens with one attached hydrogen (secondary N) is 1. The average molecular weight is 477 g/mol. The van der Waals surface area contributed by atoms with Gasteiger partial charge in [0, 0.05) is 37.3 Å². The van der Waals surface area contributed by atoms with Crippen LogP contribution in [0.1, 0.15) is 41.0 Å². The lowest BCUT2D eigenvalue weighted by Gasteiger charge is -2.30. The summed E-state index contributed by atoms with van der Waals surface area (Å²) < 4.78 is 16.8. The number of amides is 1. The highest BCUT2D eigenvalue weighted by atomic mass is 16.5. The standard InChI is InChI=1S/C27H32N4O4/c1-3-35-21-11-10-20(18-22(21)33-2)26-23-24(19-8-5-4-6-9-19)28-29-25(23)27(32)31(26)13-7-12-30-14-16-34-17-15-30/h4-6,8-11,18,26H,3,7,12-17H2,1-2H3,(H,28,29). The molecule has 0 aliphatic carbocycles. The van der Waals surface area contributed by atoms with E-state index in [-0.39, 0.29) is 11.9 Å². The summed E-state index contributed by atoms with van der Waals surface area (Å²) in [6.45, 7) is 7.50. The maximum atomic E-state index is 13.6. The molecule has 1 unspecified atom stereocenters. The molecule has 1 fully saturated rings. The number of methoxy groups -OCH3 is 1. The molecular formula is C27H32N4O4. The first-order valence-corrected chi connectivity index (χ1v) is 12.3. The monoisotopic (exact) mass is 476 g/mol. The second-order valence-corrected chi connectivity index (χ2v) is 8.78.